The molecule has 0 spiro atoms. The first-order chi connectivity index (χ1) is 11.7. The Bertz CT molecular complexity index is 964. The van der Waals surface area contributed by atoms with Crippen molar-refractivity contribution < 1.29 is 9.21 Å². The molecule has 2 aromatic heterocycles. The number of thiocarbonyl (C=S) groups is 1. The molecule has 0 atom stereocenters. The number of amides is 1. The number of para-hydroxylation sites is 1. The number of pyridine rings is 1. The van der Waals surface area contributed by atoms with Gasteiger partial charge in [-0.05, 0) is 30.3 Å². The molecule has 0 aliphatic carbocycles. The van der Waals surface area contributed by atoms with Crippen LogP contribution < -0.4 is 0 Å². The van der Waals surface area contributed by atoms with Gasteiger partial charge in [0.25, 0.3) is 5.91 Å². The highest BCUT2D eigenvalue weighted by Gasteiger charge is 2.32. The summed E-state index contributed by atoms with van der Waals surface area (Å²) < 4.78 is 5.83. The Morgan fingerprint density at radius 1 is 1.17 bits per heavy atom. The van der Waals surface area contributed by atoms with Crippen LogP contribution >= 0.6 is 24.0 Å². The van der Waals surface area contributed by atoms with Gasteiger partial charge in [-0.3, -0.25) is 9.69 Å². The topological polar surface area (TPSA) is 46.3 Å². The molecule has 4 nitrogen and oxygen atoms in total. The number of carbonyl (C=O) groups excluding carboxylic acids is 1. The van der Waals surface area contributed by atoms with Crippen LogP contribution in [0.2, 0.25) is 0 Å². The molecule has 1 aromatic carbocycles. The third-order valence-corrected chi connectivity index (χ3v) is 5.04. The van der Waals surface area contributed by atoms with Crippen LogP contribution in [0.5, 0.6) is 0 Å². The van der Waals surface area contributed by atoms with Crippen LogP contribution in [0.4, 0.5) is 0 Å². The maximum absolute atomic E-state index is 12.6. The molecular formula is C18H12N2O2S2. The number of carbonyl (C=O) groups is 1. The SMILES string of the molecule is O=C1/C(=C/c2ccc3ccccc3n2)SC(=S)N1Cc1ccco1. The molecule has 1 fully saturated rings. The third-order valence-electron chi connectivity index (χ3n) is 3.67. The van der Waals surface area contributed by atoms with Crippen LogP contribution in [0.3, 0.4) is 0 Å². The summed E-state index contributed by atoms with van der Waals surface area (Å²) in [5.74, 6) is 0.590. The molecule has 1 aliphatic rings. The number of furan rings is 1. The minimum absolute atomic E-state index is 0.114. The van der Waals surface area contributed by atoms with E-state index in [4.69, 9.17) is 16.6 Å². The van der Waals surface area contributed by atoms with Gasteiger partial charge < -0.3 is 4.42 Å². The lowest BCUT2D eigenvalue weighted by atomic mass is 10.2. The highest BCUT2D eigenvalue weighted by Crippen LogP contribution is 2.33. The number of benzene rings is 1. The zero-order valence-corrected chi connectivity index (χ0v) is 14.1. The van der Waals surface area contributed by atoms with Crippen LogP contribution in [0.25, 0.3) is 17.0 Å². The van der Waals surface area contributed by atoms with Crippen LogP contribution in [-0.2, 0) is 11.3 Å². The Kier molecular flexibility index (Phi) is 3.92. The van der Waals surface area contributed by atoms with E-state index in [0.29, 0.717) is 21.5 Å². The predicted octanol–water partition coefficient (Wildman–Crippen LogP) is 4.23. The second-order valence-corrected chi connectivity index (χ2v) is 6.95. The summed E-state index contributed by atoms with van der Waals surface area (Å²) >= 11 is 6.62. The minimum Gasteiger partial charge on any atom is -0.467 e. The van der Waals surface area contributed by atoms with Gasteiger partial charge in [-0.25, -0.2) is 4.98 Å². The molecule has 0 radical (unpaired) electrons. The van der Waals surface area contributed by atoms with Gasteiger partial charge in [-0.15, -0.1) is 0 Å². The van der Waals surface area contributed by atoms with Gasteiger partial charge in [0.15, 0.2) is 0 Å². The fraction of sp³-hybridized carbons (Fsp3) is 0.0556. The normalized spacial score (nSPS) is 16.5. The van der Waals surface area contributed by atoms with Crippen molar-refractivity contribution in [1.82, 2.24) is 9.88 Å². The lowest BCUT2D eigenvalue weighted by Crippen LogP contribution is -2.27. The van der Waals surface area contributed by atoms with Crippen LogP contribution in [0.15, 0.2) is 64.1 Å². The van der Waals surface area contributed by atoms with Crippen LogP contribution in [0.1, 0.15) is 11.5 Å². The number of hydrogen-bond donors (Lipinski definition) is 0. The number of aromatic nitrogens is 1. The number of nitrogens with zero attached hydrogens (tertiary/aromatic N) is 2. The van der Waals surface area contributed by atoms with E-state index in [2.05, 4.69) is 4.98 Å². The third kappa shape index (κ3) is 2.86. The van der Waals surface area contributed by atoms with Crippen molar-refractivity contribution in [3.63, 3.8) is 0 Å². The molecule has 3 aromatic rings. The first kappa shape index (κ1) is 15.1. The van der Waals surface area contributed by atoms with Gasteiger partial charge in [0.2, 0.25) is 0 Å². The second kappa shape index (κ2) is 6.22. The van der Waals surface area contributed by atoms with Crippen molar-refractivity contribution in [2.75, 3.05) is 0 Å². The van der Waals surface area contributed by atoms with E-state index in [1.807, 2.05) is 42.5 Å². The largest absolute Gasteiger partial charge is 0.467 e. The van der Waals surface area contributed by atoms with Crippen molar-refractivity contribution >= 4 is 51.2 Å². The summed E-state index contributed by atoms with van der Waals surface area (Å²) in [5.41, 5.74) is 1.64. The van der Waals surface area contributed by atoms with Gasteiger partial charge in [0.1, 0.15) is 10.1 Å². The first-order valence-corrected chi connectivity index (χ1v) is 8.57. The van der Waals surface area contributed by atoms with Gasteiger partial charge in [0, 0.05) is 5.39 Å². The van der Waals surface area contributed by atoms with Crippen LogP contribution in [-0.4, -0.2) is 20.1 Å². The Hall–Kier alpha value is -2.44. The summed E-state index contributed by atoms with van der Waals surface area (Å²) in [4.78, 5) is 19.3. The average molecular weight is 352 g/mol. The molecule has 0 saturated carbocycles. The van der Waals surface area contributed by atoms with E-state index in [1.165, 1.54) is 11.8 Å². The molecule has 0 N–H and O–H groups in total. The Balaban J connectivity index is 1.62. The number of rotatable bonds is 3. The Morgan fingerprint density at radius 3 is 2.88 bits per heavy atom. The molecule has 0 bridgehead atoms. The maximum Gasteiger partial charge on any atom is 0.266 e. The van der Waals surface area contributed by atoms with Crippen molar-refractivity contribution in [3.8, 4) is 0 Å². The second-order valence-electron chi connectivity index (χ2n) is 5.28. The smallest absolute Gasteiger partial charge is 0.266 e. The number of thioether (sulfide) groups is 1. The Morgan fingerprint density at radius 2 is 2.04 bits per heavy atom. The summed E-state index contributed by atoms with van der Waals surface area (Å²) in [7, 11) is 0. The summed E-state index contributed by atoms with van der Waals surface area (Å²) in [5, 5.41) is 1.07. The monoisotopic (exact) mass is 352 g/mol. The van der Waals surface area contributed by atoms with Gasteiger partial charge >= 0.3 is 0 Å². The molecule has 1 amide bonds. The minimum atomic E-state index is -0.114. The van der Waals surface area contributed by atoms with Crippen molar-refractivity contribution in [3.05, 3.63) is 71.2 Å². The van der Waals surface area contributed by atoms with Crippen LogP contribution in [0, 0.1) is 0 Å². The highest BCUT2D eigenvalue weighted by molar-refractivity contribution is 8.26. The molecular weight excluding hydrogens is 340 g/mol. The van der Waals surface area contributed by atoms with Gasteiger partial charge in [-0.2, -0.15) is 0 Å². The first-order valence-electron chi connectivity index (χ1n) is 7.34. The molecule has 6 heteroatoms. The highest BCUT2D eigenvalue weighted by atomic mass is 32.2. The molecule has 0 unspecified atom stereocenters. The Labute approximate surface area is 148 Å². The zero-order chi connectivity index (χ0) is 16.5. The van der Waals surface area contributed by atoms with Crippen molar-refractivity contribution in [2.24, 2.45) is 0 Å². The number of hydrogen-bond acceptors (Lipinski definition) is 5. The lowest BCUT2D eigenvalue weighted by molar-refractivity contribution is -0.122. The fourth-order valence-electron chi connectivity index (χ4n) is 2.49. The fourth-order valence-corrected chi connectivity index (χ4v) is 3.73. The van der Waals surface area contributed by atoms with E-state index in [0.717, 1.165) is 16.6 Å². The van der Waals surface area contributed by atoms with E-state index in [-0.39, 0.29) is 5.91 Å². The van der Waals surface area contributed by atoms with E-state index < -0.39 is 0 Å². The van der Waals surface area contributed by atoms with Crippen molar-refractivity contribution in [2.45, 2.75) is 6.54 Å². The molecule has 1 aliphatic heterocycles. The van der Waals surface area contributed by atoms with Gasteiger partial charge in [-0.1, -0.05) is 48.2 Å². The number of fused-ring (bicyclic) bond motifs is 1. The van der Waals surface area contributed by atoms with E-state index in [1.54, 1.807) is 23.3 Å². The summed E-state index contributed by atoms with van der Waals surface area (Å²) in [6, 6.07) is 15.4. The summed E-state index contributed by atoms with van der Waals surface area (Å²) in [6.45, 7) is 0.347. The standard InChI is InChI=1S/C18H12N2O2S2/c21-17-16(24-18(23)20(17)11-14-5-3-9-22-14)10-13-8-7-12-4-1-2-6-15(12)19-13/h1-10H,11H2/b16-10-. The lowest BCUT2D eigenvalue weighted by Gasteiger charge is -2.11. The zero-order valence-electron chi connectivity index (χ0n) is 12.5. The van der Waals surface area contributed by atoms with Crippen molar-refractivity contribution in [1.29, 1.82) is 0 Å². The summed E-state index contributed by atoms with van der Waals surface area (Å²) in [6.07, 6.45) is 3.37. The molecule has 24 heavy (non-hydrogen) atoms. The van der Waals surface area contributed by atoms with E-state index >= 15 is 0 Å². The van der Waals surface area contributed by atoms with E-state index in [9.17, 15) is 4.79 Å². The molecule has 1 saturated heterocycles. The average Bonchev–Trinajstić information content (AvgIpc) is 3.19. The maximum atomic E-state index is 12.6. The quantitative estimate of drug-likeness (QED) is 0.521. The molecule has 118 valence electrons. The van der Waals surface area contributed by atoms with Gasteiger partial charge in [0.05, 0.1) is 28.9 Å². The predicted molar refractivity (Wildman–Crippen MR) is 99.2 cm³/mol. The molecule has 4 rings (SSSR count). The molecule has 3 heterocycles.